The number of unbranched alkanes of at least 4 members (excludes halogenated alkanes) is 24. The van der Waals surface area contributed by atoms with Gasteiger partial charge in [-0.2, -0.15) is 0 Å². The van der Waals surface area contributed by atoms with Crippen molar-refractivity contribution in [2.75, 3.05) is 13.2 Å². The van der Waals surface area contributed by atoms with E-state index in [4.69, 9.17) is 14.2 Å². The quantitative estimate of drug-likeness (QED) is 0.0390. The lowest BCUT2D eigenvalue weighted by molar-refractivity contribution is -0.167. The van der Waals surface area contributed by atoms with Gasteiger partial charge in [0.2, 0.25) is 0 Å². The minimum Gasteiger partial charge on any atom is -0.462 e. The molecule has 0 aromatic carbocycles. The molecule has 0 N–H and O–H groups in total. The van der Waals surface area contributed by atoms with Gasteiger partial charge in [0, 0.05) is 19.3 Å². The van der Waals surface area contributed by atoms with Crippen molar-refractivity contribution in [1.82, 2.24) is 0 Å². The van der Waals surface area contributed by atoms with Crippen molar-refractivity contribution in [2.45, 2.75) is 219 Å². The molecule has 0 saturated heterocycles. The van der Waals surface area contributed by atoms with Gasteiger partial charge in [-0.3, -0.25) is 14.4 Å². The van der Waals surface area contributed by atoms with Crippen LogP contribution in [0.3, 0.4) is 0 Å². The molecule has 266 valence electrons. The van der Waals surface area contributed by atoms with Crippen LogP contribution in [-0.4, -0.2) is 37.2 Å². The fourth-order valence-corrected chi connectivity index (χ4v) is 5.62. The maximum Gasteiger partial charge on any atom is 0.306 e. The van der Waals surface area contributed by atoms with E-state index >= 15 is 0 Å². The van der Waals surface area contributed by atoms with Crippen LogP contribution in [0.5, 0.6) is 0 Å². The standard InChI is InChI=1S/C39H74O6/c1-4-7-10-13-15-17-19-21-23-26-28-31-37(40)43-34-36(45-39(42)33-30-25-12-9-6-3)35-44-38(41)32-29-27-24-22-20-18-16-14-11-8-5-2/h36H,4-35H2,1-3H3. The monoisotopic (exact) mass is 639 g/mol. The van der Waals surface area contributed by atoms with Gasteiger partial charge in [-0.15, -0.1) is 0 Å². The highest BCUT2D eigenvalue weighted by molar-refractivity contribution is 5.71. The van der Waals surface area contributed by atoms with Gasteiger partial charge >= 0.3 is 17.9 Å². The van der Waals surface area contributed by atoms with E-state index in [1.165, 1.54) is 109 Å². The van der Waals surface area contributed by atoms with E-state index in [1.807, 2.05) is 0 Å². The number of esters is 3. The molecule has 0 saturated carbocycles. The lowest BCUT2D eigenvalue weighted by Crippen LogP contribution is -2.30. The van der Waals surface area contributed by atoms with E-state index < -0.39 is 6.10 Å². The van der Waals surface area contributed by atoms with Crippen LogP contribution in [0.1, 0.15) is 213 Å². The number of hydrogen-bond acceptors (Lipinski definition) is 6. The number of ether oxygens (including phenoxy) is 3. The summed E-state index contributed by atoms with van der Waals surface area (Å²) in [6.07, 6.45) is 32.5. The van der Waals surface area contributed by atoms with Gasteiger partial charge in [0.15, 0.2) is 6.10 Å². The largest absolute Gasteiger partial charge is 0.462 e. The lowest BCUT2D eigenvalue weighted by Gasteiger charge is -2.18. The van der Waals surface area contributed by atoms with Crippen molar-refractivity contribution in [3.8, 4) is 0 Å². The van der Waals surface area contributed by atoms with Crippen LogP contribution in [0.2, 0.25) is 0 Å². The normalized spacial score (nSPS) is 11.2. The smallest absolute Gasteiger partial charge is 0.306 e. The van der Waals surface area contributed by atoms with E-state index in [1.54, 1.807) is 0 Å². The molecular weight excluding hydrogens is 564 g/mol. The van der Waals surface area contributed by atoms with Crippen molar-refractivity contribution >= 4 is 17.9 Å². The molecule has 6 nitrogen and oxygen atoms in total. The van der Waals surface area contributed by atoms with Crippen LogP contribution < -0.4 is 0 Å². The molecule has 0 aliphatic carbocycles. The van der Waals surface area contributed by atoms with Gasteiger partial charge in [-0.05, 0) is 19.3 Å². The lowest BCUT2D eigenvalue weighted by atomic mass is 10.1. The number of hydrogen-bond donors (Lipinski definition) is 0. The highest BCUT2D eigenvalue weighted by Gasteiger charge is 2.19. The number of carbonyl (C=O) groups excluding carboxylic acids is 3. The SMILES string of the molecule is CCCCCCCCCCCCCC(=O)OCC(COC(=O)CCCCCCCCCCCCC)OC(=O)CCCCCCC. The maximum atomic E-state index is 12.4. The highest BCUT2D eigenvalue weighted by Crippen LogP contribution is 2.14. The fraction of sp³-hybridized carbons (Fsp3) is 0.923. The van der Waals surface area contributed by atoms with Crippen molar-refractivity contribution in [2.24, 2.45) is 0 Å². The van der Waals surface area contributed by atoms with Gasteiger partial charge in [-0.1, -0.05) is 175 Å². The molecule has 0 spiro atoms. The van der Waals surface area contributed by atoms with Crippen molar-refractivity contribution in [1.29, 1.82) is 0 Å². The predicted molar refractivity (Wildman–Crippen MR) is 187 cm³/mol. The minimum absolute atomic E-state index is 0.0653. The average molecular weight is 639 g/mol. The van der Waals surface area contributed by atoms with Gasteiger partial charge in [0.05, 0.1) is 0 Å². The summed E-state index contributed by atoms with van der Waals surface area (Å²) < 4.78 is 16.5. The topological polar surface area (TPSA) is 78.9 Å². The summed E-state index contributed by atoms with van der Waals surface area (Å²) in [5.74, 6) is -0.878. The molecule has 45 heavy (non-hydrogen) atoms. The molecule has 0 rings (SSSR count). The molecule has 0 aliphatic heterocycles. The van der Waals surface area contributed by atoms with E-state index in [0.717, 1.165) is 64.2 Å². The Morgan fingerprint density at radius 3 is 0.889 bits per heavy atom. The first-order valence-electron chi connectivity index (χ1n) is 19.5. The van der Waals surface area contributed by atoms with E-state index in [-0.39, 0.29) is 31.1 Å². The molecule has 0 radical (unpaired) electrons. The predicted octanol–water partition coefficient (Wildman–Crippen LogP) is 11.7. The van der Waals surface area contributed by atoms with E-state index in [9.17, 15) is 14.4 Å². The molecule has 0 amide bonds. The Kier molecular flexibility index (Phi) is 34.0. The first-order chi connectivity index (χ1) is 22.0. The molecule has 0 aromatic rings. The zero-order valence-corrected chi connectivity index (χ0v) is 30.2. The summed E-state index contributed by atoms with van der Waals surface area (Å²) >= 11 is 0. The van der Waals surface area contributed by atoms with Crippen molar-refractivity contribution in [3.05, 3.63) is 0 Å². The second-order valence-corrected chi connectivity index (χ2v) is 13.2. The third kappa shape index (κ3) is 33.6. The van der Waals surface area contributed by atoms with Gasteiger partial charge in [0.25, 0.3) is 0 Å². The average Bonchev–Trinajstić information content (AvgIpc) is 3.03. The van der Waals surface area contributed by atoms with Crippen molar-refractivity contribution < 1.29 is 28.6 Å². The van der Waals surface area contributed by atoms with Crippen LogP contribution >= 0.6 is 0 Å². The van der Waals surface area contributed by atoms with Gasteiger partial charge in [0.1, 0.15) is 13.2 Å². The Bertz CT molecular complexity index is 622. The Hall–Kier alpha value is -1.59. The zero-order valence-electron chi connectivity index (χ0n) is 30.2. The van der Waals surface area contributed by atoms with Crippen LogP contribution in [0.25, 0.3) is 0 Å². The summed E-state index contributed by atoms with van der Waals surface area (Å²) in [5, 5.41) is 0. The molecular formula is C39H74O6. The zero-order chi connectivity index (χ0) is 33.1. The Morgan fingerprint density at radius 2 is 0.600 bits per heavy atom. The third-order valence-electron chi connectivity index (χ3n) is 8.61. The van der Waals surface area contributed by atoms with Gasteiger partial charge < -0.3 is 14.2 Å². The fourth-order valence-electron chi connectivity index (χ4n) is 5.62. The van der Waals surface area contributed by atoms with Crippen LogP contribution in [-0.2, 0) is 28.6 Å². The summed E-state index contributed by atoms with van der Waals surface area (Å²) in [5.41, 5.74) is 0. The molecule has 0 fully saturated rings. The Morgan fingerprint density at radius 1 is 0.356 bits per heavy atom. The Balaban J connectivity index is 4.22. The van der Waals surface area contributed by atoms with E-state index in [2.05, 4.69) is 20.8 Å². The molecule has 0 unspecified atom stereocenters. The minimum atomic E-state index is -0.754. The second kappa shape index (κ2) is 35.3. The third-order valence-corrected chi connectivity index (χ3v) is 8.61. The summed E-state index contributed by atoms with van der Waals surface area (Å²) in [7, 11) is 0. The Labute approximate surface area is 278 Å². The molecule has 6 heteroatoms. The first kappa shape index (κ1) is 43.4. The molecule has 0 bridgehead atoms. The maximum absolute atomic E-state index is 12.4. The van der Waals surface area contributed by atoms with Gasteiger partial charge in [-0.25, -0.2) is 0 Å². The van der Waals surface area contributed by atoms with Crippen LogP contribution in [0.15, 0.2) is 0 Å². The second-order valence-electron chi connectivity index (χ2n) is 13.2. The molecule has 0 aliphatic rings. The molecule has 0 heterocycles. The summed E-state index contributed by atoms with van der Waals surface area (Å²) in [6, 6.07) is 0. The van der Waals surface area contributed by atoms with Crippen LogP contribution in [0, 0.1) is 0 Å². The number of carbonyl (C=O) groups is 3. The van der Waals surface area contributed by atoms with E-state index in [0.29, 0.717) is 19.3 Å². The first-order valence-corrected chi connectivity index (χ1v) is 19.5. The van der Waals surface area contributed by atoms with Crippen molar-refractivity contribution in [3.63, 3.8) is 0 Å². The summed E-state index contributed by atoms with van der Waals surface area (Å²) in [6.45, 7) is 6.53. The number of rotatable bonds is 35. The molecule has 0 aromatic heterocycles. The van der Waals surface area contributed by atoms with Crippen LogP contribution in [0.4, 0.5) is 0 Å². The molecule has 0 atom stereocenters. The highest BCUT2D eigenvalue weighted by atomic mass is 16.6. The summed E-state index contributed by atoms with van der Waals surface area (Å²) in [4.78, 5) is 37.2.